The second-order valence-electron chi connectivity index (χ2n) is 5.57. The highest BCUT2D eigenvalue weighted by Gasteiger charge is 2.22. The third kappa shape index (κ3) is 3.65. The summed E-state index contributed by atoms with van der Waals surface area (Å²) in [6, 6.07) is 9.31. The lowest BCUT2D eigenvalue weighted by Gasteiger charge is -2.01. The van der Waals surface area contributed by atoms with Crippen molar-refractivity contribution in [3.63, 3.8) is 0 Å². The molecule has 3 rings (SSSR count). The van der Waals surface area contributed by atoms with Crippen LogP contribution in [0, 0.1) is 6.92 Å². The maximum Gasteiger partial charge on any atom is 0.350 e. The first kappa shape index (κ1) is 17.8. The number of carbonyl (C=O) groups is 2. The molecular formula is C18H18N4O3S. The van der Waals surface area contributed by atoms with Crippen LogP contribution in [0.3, 0.4) is 0 Å². The lowest BCUT2D eigenvalue weighted by atomic mass is 10.1. The van der Waals surface area contributed by atoms with Gasteiger partial charge < -0.3 is 4.74 Å². The van der Waals surface area contributed by atoms with Crippen LogP contribution in [0.15, 0.2) is 36.5 Å². The second-order valence-corrected chi connectivity index (χ2v) is 6.57. The first-order valence-corrected chi connectivity index (χ1v) is 8.86. The highest BCUT2D eigenvalue weighted by Crippen LogP contribution is 2.32. The van der Waals surface area contributed by atoms with Gasteiger partial charge in [-0.1, -0.05) is 41.7 Å². The van der Waals surface area contributed by atoms with Crippen LogP contribution in [0.4, 0.5) is 5.13 Å². The number of hydrogen-bond acceptors (Lipinski definition) is 6. The number of hydrogen-bond donors (Lipinski definition) is 1. The smallest absolute Gasteiger partial charge is 0.350 e. The summed E-state index contributed by atoms with van der Waals surface area (Å²) in [6.07, 6.45) is 1.76. The Balaban J connectivity index is 1.94. The van der Waals surface area contributed by atoms with Gasteiger partial charge in [-0.05, 0) is 13.8 Å². The zero-order valence-corrected chi connectivity index (χ0v) is 15.5. The van der Waals surface area contributed by atoms with Gasteiger partial charge in [0.25, 0.3) is 5.91 Å². The highest BCUT2D eigenvalue weighted by molar-refractivity contribution is 7.18. The molecule has 134 valence electrons. The Hall–Kier alpha value is -3.00. The predicted molar refractivity (Wildman–Crippen MR) is 99.4 cm³/mol. The Morgan fingerprint density at radius 1 is 1.27 bits per heavy atom. The van der Waals surface area contributed by atoms with E-state index in [4.69, 9.17) is 4.74 Å². The number of benzene rings is 1. The standard InChI is InChI=1S/C18H18N4O3S/c1-4-25-17(24)15-14(12-8-6-5-7-9-12)19-18(26-15)20-16(23)13-11(2)10-22(3)21-13/h5-10H,4H2,1-3H3,(H,19,20,23). The topological polar surface area (TPSA) is 86.1 Å². The Morgan fingerprint density at radius 2 is 2.00 bits per heavy atom. The summed E-state index contributed by atoms with van der Waals surface area (Å²) in [4.78, 5) is 29.5. The minimum absolute atomic E-state index is 0.264. The van der Waals surface area contributed by atoms with Crippen molar-refractivity contribution < 1.29 is 14.3 Å². The Kier molecular flexibility index (Phi) is 5.13. The van der Waals surface area contributed by atoms with Crippen LogP contribution in [0.1, 0.15) is 32.6 Å². The molecule has 0 unspecified atom stereocenters. The number of thiazole rings is 1. The molecule has 0 spiro atoms. The second kappa shape index (κ2) is 7.49. The van der Waals surface area contributed by atoms with E-state index in [1.807, 2.05) is 37.3 Å². The Morgan fingerprint density at radius 3 is 2.62 bits per heavy atom. The molecular weight excluding hydrogens is 352 g/mol. The molecule has 2 heterocycles. The van der Waals surface area contributed by atoms with E-state index in [0.29, 0.717) is 21.4 Å². The van der Waals surface area contributed by atoms with Crippen molar-refractivity contribution in [3.8, 4) is 11.3 Å². The van der Waals surface area contributed by atoms with E-state index in [1.54, 1.807) is 24.9 Å². The van der Waals surface area contributed by atoms with Crippen LogP contribution >= 0.6 is 11.3 Å². The molecule has 7 nitrogen and oxygen atoms in total. The van der Waals surface area contributed by atoms with Crippen LogP contribution < -0.4 is 5.32 Å². The van der Waals surface area contributed by atoms with Gasteiger partial charge in [-0.3, -0.25) is 14.8 Å². The first-order valence-electron chi connectivity index (χ1n) is 8.04. The zero-order chi connectivity index (χ0) is 18.7. The average molecular weight is 370 g/mol. The number of ether oxygens (including phenoxy) is 1. The summed E-state index contributed by atoms with van der Waals surface area (Å²) in [6.45, 7) is 3.82. The SMILES string of the molecule is CCOC(=O)c1sc(NC(=O)c2nn(C)cc2C)nc1-c1ccccc1. The monoisotopic (exact) mass is 370 g/mol. The van der Waals surface area contributed by atoms with Crippen molar-refractivity contribution in [2.75, 3.05) is 11.9 Å². The number of nitrogens with one attached hydrogen (secondary N) is 1. The molecule has 1 N–H and O–H groups in total. The first-order chi connectivity index (χ1) is 12.5. The van der Waals surface area contributed by atoms with Crippen molar-refractivity contribution >= 4 is 28.3 Å². The lowest BCUT2D eigenvalue weighted by Crippen LogP contribution is -2.14. The van der Waals surface area contributed by atoms with Gasteiger partial charge >= 0.3 is 5.97 Å². The number of anilines is 1. The number of amides is 1. The third-order valence-electron chi connectivity index (χ3n) is 3.58. The Labute approximate surface area is 154 Å². The molecule has 3 aromatic rings. The highest BCUT2D eigenvalue weighted by atomic mass is 32.1. The summed E-state index contributed by atoms with van der Waals surface area (Å²) in [5.41, 5.74) is 2.35. The van der Waals surface area contributed by atoms with E-state index in [-0.39, 0.29) is 12.5 Å². The number of aromatic nitrogens is 3. The molecule has 0 radical (unpaired) electrons. The molecule has 26 heavy (non-hydrogen) atoms. The fraction of sp³-hybridized carbons (Fsp3) is 0.222. The van der Waals surface area contributed by atoms with Gasteiger partial charge in [0.05, 0.1) is 12.3 Å². The lowest BCUT2D eigenvalue weighted by molar-refractivity contribution is 0.0532. The molecule has 0 atom stereocenters. The van der Waals surface area contributed by atoms with E-state index in [2.05, 4.69) is 15.4 Å². The quantitative estimate of drug-likeness (QED) is 0.697. The average Bonchev–Trinajstić information content (AvgIpc) is 3.19. The van der Waals surface area contributed by atoms with E-state index in [9.17, 15) is 9.59 Å². The summed E-state index contributed by atoms with van der Waals surface area (Å²) in [7, 11) is 1.75. The van der Waals surface area contributed by atoms with Gasteiger partial charge in [0, 0.05) is 24.4 Å². The van der Waals surface area contributed by atoms with Gasteiger partial charge in [0.1, 0.15) is 4.88 Å². The molecule has 0 bridgehead atoms. The zero-order valence-electron chi connectivity index (χ0n) is 14.6. The Bertz CT molecular complexity index is 947. The van der Waals surface area contributed by atoms with Crippen molar-refractivity contribution in [3.05, 3.63) is 52.7 Å². The van der Waals surface area contributed by atoms with Gasteiger partial charge in [-0.15, -0.1) is 0 Å². The fourth-order valence-electron chi connectivity index (χ4n) is 2.49. The molecule has 0 saturated carbocycles. The summed E-state index contributed by atoms with van der Waals surface area (Å²) in [5, 5.41) is 7.19. The van der Waals surface area contributed by atoms with Crippen molar-refractivity contribution in [2.24, 2.45) is 7.05 Å². The molecule has 1 amide bonds. The minimum atomic E-state index is -0.460. The van der Waals surface area contributed by atoms with Crippen LogP contribution in [0.5, 0.6) is 0 Å². The summed E-state index contributed by atoms with van der Waals surface area (Å²) < 4.78 is 6.69. The predicted octanol–water partition coefficient (Wildman–Crippen LogP) is 3.28. The van der Waals surface area contributed by atoms with Crippen molar-refractivity contribution in [2.45, 2.75) is 13.8 Å². The van der Waals surface area contributed by atoms with E-state index >= 15 is 0 Å². The van der Waals surface area contributed by atoms with E-state index in [0.717, 1.165) is 22.5 Å². The number of nitrogens with zero attached hydrogens (tertiary/aromatic N) is 3. The minimum Gasteiger partial charge on any atom is -0.462 e. The van der Waals surface area contributed by atoms with Crippen LogP contribution in [0.25, 0.3) is 11.3 Å². The maximum absolute atomic E-state index is 12.5. The third-order valence-corrected chi connectivity index (χ3v) is 4.53. The van der Waals surface area contributed by atoms with Crippen molar-refractivity contribution in [1.82, 2.24) is 14.8 Å². The molecule has 0 aliphatic rings. The normalized spacial score (nSPS) is 10.6. The molecule has 0 saturated heterocycles. The largest absolute Gasteiger partial charge is 0.462 e. The van der Waals surface area contributed by atoms with Crippen LogP contribution in [-0.4, -0.2) is 33.2 Å². The molecule has 0 aliphatic carbocycles. The van der Waals surface area contributed by atoms with Crippen molar-refractivity contribution in [1.29, 1.82) is 0 Å². The number of rotatable bonds is 5. The van der Waals surface area contributed by atoms with Gasteiger partial charge in [0.15, 0.2) is 10.8 Å². The number of aryl methyl sites for hydroxylation is 2. The van der Waals surface area contributed by atoms with Gasteiger partial charge in [-0.2, -0.15) is 5.10 Å². The summed E-state index contributed by atoms with van der Waals surface area (Å²) >= 11 is 1.09. The summed E-state index contributed by atoms with van der Waals surface area (Å²) in [5.74, 6) is -0.828. The van der Waals surface area contributed by atoms with Gasteiger partial charge in [-0.25, -0.2) is 9.78 Å². The fourth-order valence-corrected chi connectivity index (χ4v) is 3.36. The van der Waals surface area contributed by atoms with E-state index in [1.165, 1.54) is 0 Å². The van der Waals surface area contributed by atoms with E-state index < -0.39 is 5.97 Å². The molecule has 1 aromatic carbocycles. The number of esters is 1. The maximum atomic E-state index is 12.5. The molecule has 2 aromatic heterocycles. The van der Waals surface area contributed by atoms with Crippen LogP contribution in [-0.2, 0) is 11.8 Å². The molecule has 0 fully saturated rings. The van der Waals surface area contributed by atoms with Gasteiger partial charge in [0.2, 0.25) is 0 Å². The number of carbonyl (C=O) groups excluding carboxylic acids is 2. The molecule has 8 heteroatoms. The van der Waals surface area contributed by atoms with Crippen LogP contribution in [0.2, 0.25) is 0 Å². The molecule has 0 aliphatic heterocycles.